The average Bonchev–Trinajstić information content (AvgIpc) is 2.88. The number of benzene rings is 2. The molecule has 2 aromatic carbocycles. The molecule has 0 amide bonds. The highest BCUT2D eigenvalue weighted by atomic mass is 35.5. The first-order chi connectivity index (χ1) is 10.9. The monoisotopic (exact) mass is 348 g/mol. The van der Waals surface area contributed by atoms with Crippen LogP contribution in [0.1, 0.15) is 5.69 Å². The van der Waals surface area contributed by atoms with E-state index in [1.54, 1.807) is 24.3 Å². The van der Waals surface area contributed by atoms with Gasteiger partial charge < -0.3 is 4.52 Å². The molecule has 0 aliphatic rings. The Hall–Kier alpha value is -2.15. The molecule has 2 N–H and O–H groups in total. The van der Waals surface area contributed by atoms with Crippen molar-refractivity contribution in [3.05, 3.63) is 59.2 Å². The molecule has 7 heteroatoms. The van der Waals surface area contributed by atoms with E-state index in [4.69, 9.17) is 21.3 Å². The number of hydrogen-bond acceptors (Lipinski definition) is 4. The fourth-order valence-corrected chi connectivity index (χ4v) is 3.05. The summed E-state index contributed by atoms with van der Waals surface area (Å²) in [5.41, 5.74) is 3.06. The molecule has 1 aromatic heterocycles. The topological polar surface area (TPSA) is 86.2 Å². The van der Waals surface area contributed by atoms with Gasteiger partial charge in [0.2, 0.25) is 10.0 Å². The minimum Gasteiger partial charge on any atom is -0.355 e. The summed E-state index contributed by atoms with van der Waals surface area (Å²) >= 11 is 6.03. The van der Waals surface area contributed by atoms with E-state index in [9.17, 15) is 8.42 Å². The third-order valence-electron chi connectivity index (χ3n) is 3.42. The molecule has 3 aromatic rings. The number of primary sulfonamides is 1. The summed E-state index contributed by atoms with van der Waals surface area (Å²) in [6.07, 6.45) is 0. The quantitative estimate of drug-likeness (QED) is 0.783. The zero-order valence-corrected chi connectivity index (χ0v) is 13.7. The minimum absolute atomic E-state index is 0.0552. The van der Waals surface area contributed by atoms with Gasteiger partial charge in [0.1, 0.15) is 0 Å². The second-order valence-corrected chi connectivity index (χ2v) is 7.05. The lowest BCUT2D eigenvalue weighted by atomic mass is 10.00. The lowest BCUT2D eigenvalue weighted by Gasteiger charge is -2.05. The van der Waals surface area contributed by atoms with Crippen molar-refractivity contribution in [1.82, 2.24) is 5.16 Å². The maximum atomic E-state index is 11.4. The van der Waals surface area contributed by atoms with E-state index >= 15 is 0 Å². The molecule has 23 heavy (non-hydrogen) atoms. The van der Waals surface area contributed by atoms with Gasteiger partial charge in [-0.15, -0.1) is 0 Å². The Kier molecular flexibility index (Phi) is 3.97. The smallest absolute Gasteiger partial charge is 0.238 e. The fourth-order valence-electron chi connectivity index (χ4n) is 2.35. The molecule has 0 unspecified atom stereocenters. The molecule has 0 radical (unpaired) electrons. The number of nitrogens with zero attached hydrogens (tertiary/aromatic N) is 1. The highest BCUT2D eigenvalue weighted by Gasteiger charge is 2.18. The first kappa shape index (κ1) is 15.7. The second kappa shape index (κ2) is 5.81. The third kappa shape index (κ3) is 3.14. The first-order valence-corrected chi connectivity index (χ1v) is 8.64. The van der Waals surface area contributed by atoms with Gasteiger partial charge >= 0.3 is 0 Å². The van der Waals surface area contributed by atoms with Crippen LogP contribution in [0.4, 0.5) is 0 Å². The van der Waals surface area contributed by atoms with E-state index in [2.05, 4.69) is 5.16 Å². The van der Waals surface area contributed by atoms with Gasteiger partial charge in [-0.3, -0.25) is 0 Å². The van der Waals surface area contributed by atoms with Gasteiger partial charge in [-0.25, -0.2) is 13.6 Å². The molecule has 0 aliphatic carbocycles. The average molecular weight is 349 g/mol. The van der Waals surface area contributed by atoms with E-state index < -0.39 is 10.0 Å². The highest BCUT2D eigenvalue weighted by molar-refractivity contribution is 7.89. The molecule has 0 aliphatic heterocycles. The lowest BCUT2D eigenvalue weighted by Crippen LogP contribution is -2.11. The van der Waals surface area contributed by atoms with E-state index in [0.29, 0.717) is 16.5 Å². The molecule has 0 saturated heterocycles. The minimum atomic E-state index is -3.72. The lowest BCUT2D eigenvalue weighted by molar-refractivity contribution is 0.427. The molecule has 0 fully saturated rings. The molecule has 3 rings (SSSR count). The molecule has 5 nitrogen and oxygen atoms in total. The summed E-state index contributed by atoms with van der Waals surface area (Å²) in [7, 11) is -3.72. The highest BCUT2D eigenvalue weighted by Crippen LogP contribution is 2.35. The van der Waals surface area contributed by atoms with Crippen LogP contribution in [0.5, 0.6) is 0 Å². The van der Waals surface area contributed by atoms with E-state index in [1.165, 1.54) is 12.1 Å². The van der Waals surface area contributed by atoms with Crippen LogP contribution in [0.25, 0.3) is 22.5 Å². The van der Waals surface area contributed by atoms with Crippen LogP contribution in [-0.4, -0.2) is 13.6 Å². The van der Waals surface area contributed by atoms with Gasteiger partial charge in [-0.2, -0.15) is 0 Å². The Balaban J connectivity index is 2.12. The Labute approximate surface area is 138 Å². The Morgan fingerprint density at radius 2 is 1.78 bits per heavy atom. The van der Waals surface area contributed by atoms with Crippen molar-refractivity contribution >= 4 is 21.6 Å². The number of sulfonamides is 1. The van der Waals surface area contributed by atoms with Gasteiger partial charge in [-0.1, -0.05) is 41.0 Å². The molecular weight excluding hydrogens is 336 g/mol. The van der Waals surface area contributed by atoms with Gasteiger partial charge in [0.15, 0.2) is 5.76 Å². The van der Waals surface area contributed by atoms with Gasteiger partial charge in [-0.05, 0) is 36.8 Å². The van der Waals surface area contributed by atoms with Crippen molar-refractivity contribution in [3.63, 3.8) is 0 Å². The fraction of sp³-hybridized carbons (Fsp3) is 0.0625. The number of aromatic nitrogens is 1. The predicted molar refractivity (Wildman–Crippen MR) is 88.5 cm³/mol. The maximum absolute atomic E-state index is 11.4. The molecule has 118 valence electrons. The van der Waals surface area contributed by atoms with Crippen molar-refractivity contribution in [2.75, 3.05) is 0 Å². The van der Waals surface area contributed by atoms with Crippen LogP contribution in [0.2, 0.25) is 5.02 Å². The van der Waals surface area contributed by atoms with Crippen molar-refractivity contribution in [1.29, 1.82) is 0 Å². The zero-order valence-electron chi connectivity index (χ0n) is 12.2. The van der Waals surface area contributed by atoms with Crippen LogP contribution < -0.4 is 5.14 Å². The maximum Gasteiger partial charge on any atom is 0.238 e. The summed E-state index contributed by atoms with van der Waals surface area (Å²) in [6, 6.07) is 13.5. The summed E-state index contributed by atoms with van der Waals surface area (Å²) in [5.74, 6) is 0.577. The first-order valence-electron chi connectivity index (χ1n) is 6.72. The van der Waals surface area contributed by atoms with Crippen molar-refractivity contribution < 1.29 is 12.9 Å². The van der Waals surface area contributed by atoms with E-state index in [0.717, 1.165) is 16.7 Å². The van der Waals surface area contributed by atoms with Gasteiger partial charge in [0.25, 0.3) is 0 Å². The molecular formula is C16H13ClN2O3S. The number of nitrogens with two attached hydrogens (primary N) is 1. The Morgan fingerprint density at radius 1 is 1.09 bits per heavy atom. The Morgan fingerprint density at radius 3 is 2.39 bits per heavy atom. The number of hydrogen-bond donors (Lipinski definition) is 1. The summed E-state index contributed by atoms with van der Waals surface area (Å²) < 4.78 is 28.1. The predicted octanol–water partition coefficient (Wildman–Crippen LogP) is 3.62. The molecule has 0 bridgehead atoms. The van der Waals surface area contributed by atoms with Crippen molar-refractivity contribution in [2.45, 2.75) is 11.8 Å². The summed E-state index contributed by atoms with van der Waals surface area (Å²) in [6.45, 7) is 1.82. The second-order valence-electron chi connectivity index (χ2n) is 5.05. The number of rotatable bonds is 3. The van der Waals surface area contributed by atoms with Crippen LogP contribution >= 0.6 is 11.6 Å². The molecule has 0 saturated carbocycles. The summed E-state index contributed by atoms with van der Waals surface area (Å²) in [4.78, 5) is 0.0552. The van der Waals surface area contributed by atoms with Crippen molar-refractivity contribution in [2.24, 2.45) is 5.14 Å². The zero-order chi connectivity index (χ0) is 16.6. The van der Waals surface area contributed by atoms with E-state index in [1.807, 2.05) is 19.1 Å². The molecule has 1 heterocycles. The third-order valence-corrected chi connectivity index (χ3v) is 4.59. The van der Waals surface area contributed by atoms with E-state index in [-0.39, 0.29) is 4.90 Å². The normalized spacial score (nSPS) is 11.6. The number of aryl methyl sites for hydroxylation is 1. The Bertz CT molecular complexity index is 963. The number of halogens is 1. The largest absolute Gasteiger partial charge is 0.355 e. The van der Waals surface area contributed by atoms with Gasteiger partial charge in [0.05, 0.1) is 16.2 Å². The van der Waals surface area contributed by atoms with Crippen LogP contribution in [0.15, 0.2) is 57.9 Å². The van der Waals surface area contributed by atoms with Crippen LogP contribution in [-0.2, 0) is 10.0 Å². The molecule has 0 atom stereocenters. The van der Waals surface area contributed by atoms with Crippen LogP contribution in [0.3, 0.4) is 0 Å². The van der Waals surface area contributed by atoms with Crippen LogP contribution in [0, 0.1) is 6.92 Å². The van der Waals surface area contributed by atoms with Gasteiger partial charge in [0, 0.05) is 10.6 Å². The van der Waals surface area contributed by atoms with Crippen molar-refractivity contribution in [3.8, 4) is 22.5 Å². The molecule has 0 spiro atoms. The SMILES string of the molecule is Cc1noc(-c2cccc(Cl)c2)c1-c1ccc(S(N)(=O)=O)cc1. The standard InChI is InChI=1S/C16H13ClN2O3S/c1-10-15(11-5-7-14(8-6-11)23(18,20)21)16(22-19-10)12-3-2-4-13(17)9-12/h2-9H,1H3,(H2,18,20,21). The summed E-state index contributed by atoms with van der Waals surface area (Å²) in [5, 5.41) is 9.72.